The molecule has 3 atom stereocenters. The van der Waals surface area contributed by atoms with Crippen LogP contribution in [0.3, 0.4) is 0 Å². The lowest BCUT2D eigenvalue weighted by atomic mass is 9.96. The third-order valence-electron chi connectivity index (χ3n) is 4.42. The average Bonchev–Trinajstić information content (AvgIpc) is 3.00. The minimum Gasteiger partial charge on any atom is -0.208 e. The molecule has 0 heterocycles. The number of nitrogens with zero attached hydrogens (tertiary/aromatic N) is 1. The Labute approximate surface area is 117 Å². The smallest absolute Gasteiger partial charge is 0.208 e. The van der Waals surface area contributed by atoms with Gasteiger partial charge in [-0.15, -0.1) is 0 Å². The van der Waals surface area contributed by atoms with Crippen LogP contribution in [0, 0.1) is 29.0 Å². The van der Waals surface area contributed by atoms with Gasteiger partial charge in [-0.05, 0) is 43.2 Å². The highest BCUT2D eigenvalue weighted by molar-refractivity contribution is 7.89. The van der Waals surface area contributed by atoms with Crippen LogP contribution >= 0.6 is 0 Å². The standard InChI is InChI=1S/C14H15FN2O2S/c15-12-2-1-3-14(11(12)8-16)20(18,19)17-13-7-9-4-5-10(13)6-9/h1-3,9-10,13,17H,4-7H2. The minimum absolute atomic E-state index is 0.0754. The summed E-state index contributed by atoms with van der Waals surface area (Å²) >= 11 is 0. The van der Waals surface area contributed by atoms with Crippen LogP contribution in [0.1, 0.15) is 31.2 Å². The van der Waals surface area contributed by atoms with Gasteiger partial charge in [0.1, 0.15) is 22.3 Å². The van der Waals surface area contributed by atoms with Crippen LogP contribution in [-0.4, -0.2) is 14.5 Å². The van der Waals surface area contributed by atoms with Crippen molar-refractivity contribution < 1.29 is 12.8 Å². The van der Waals surface area contributed by atoms with E-state index in [2.05, 4.69) is 4.72 Å². The summed E-state index contributed by atoms with van der Waals surface area (Å²) in [5.41, 5.74) is -0.414. The first-order valence-electron chi connectivity index (χ1n) is 6.72. The van der Waals surface area contributed by atoms with Gasteiger partial charge in [0, 0.05) is 6.04 Å². The molecule has 0 amide bonds. The van der Waals surface area contributed by atoms with Crippen molar-refractivity contribution in [3.05, 3.63) is 29.6 Å². The summed E-state index contributed by atoms with van der Waals surface area (Å²) in [6, 6.07) is 5.24. The van der Waals surface area contributed by atoms with Crippen LogP contribution in [0.15, 0.2) is 23.1 Å². The Morgan fingerprint density at radius 2 is 2.10 bits per heavy atom. The lowest BCUT2D eigenvalue weighted by Gasteiger charge is -2.23. The molecule has 1 N–H and O–H groups in total. The Morgan fingerprint density at radius 3 is 2.70 bits per heavy atom. The fraction of sp³-hybridized carbons (Fsp3) is 0.500. The Bertz CT molecular complexity index is 681. The van der Waals surface area contributed by atoms with Gasteiger partial charge in [-0.3, -0.25) is 0 Å². The topological polar surface area (TPSA) is 70.0 Å². The number of hydrogen-bond acceptors (Lipinski definition) is 3. The molecule has 0 spiro atoms. The van der Waals surface area contributed by atoms with Gasteiger partial charge in [0.25, 0.3) is 0 Å². The molecule has 2 bridgehead atoms. The monoisotopic (exact) mass is 294 g/mol. The summed E-state index contributed by atoms with van der Waals surface area (Å²) in [7, 11) is -3.84. The highest BCUT2D eigenvalue weighted by Crippen LogP contribution is 2.44. The molecule has 1 aromatic carbocycles. The highest BCUT2D eigenvalue weighted by atomic mass is 32.2. The Morgan fingerprint density at radius 1 is 1.30 bits per heavy atom. The van der Waals surface area contributed by atoms with E-state index < -0.39 is 21.4 Å². The molecule has 3 unspecified atom stereocenters. The quantitative estimate of drug-likeness (QED) is 0.928. The van der Waals surface area contributed by atoms with E-state index in [1.807, 2.05) is 0 Å². The maximum absolute atomic E-state index is 13.5. The van der Waals surface area contributed by atoms with E-state index in [1.165, 1.54) is 18.6 Å². The minimum atomic E-state index is -3.84. The lowest BCUT2D eigenvalue weighted by Crippen LogP contribution is -2.38. The maximum Gasteiger partial charge on any atom is 0.242 e. The molecule has 2 aliphatic carbocycles. The van der Waals surface area contributed by atoms with E-state index >= 15 is 0 Å². The fourth-order valence-corrected chi connectivity index (χ4v) is 4.97. The van der Waals surface area contributed by atoms with Gasteiger partial charge < -0.3 is 0 Å². The molecule has 6 heteroatoms. The predicted molar refractivity (Wildman–Crippen MR) is 70.7 cm³/mol. The van der Waals surface area contributed by atoms with Crippen LogP contribution in [-0.2, 0) is 10.0 Å². The van der Waals surface area contributed by atoms with Gasteiger partial charge in [0.15, 0.2) is 0 Å². The van der Waals surface area contributed by atoms with Crippen LogP contribution in [0.25, 0.3) is 0 Å². The second-order valence-electron chi connectivity index (χ2n) is 5.63. The summed E-state index contributed by atoms with van der Waals surface area (Å²) in [4.78, 5) is -0.261. The van der Waals surface area contributed by atoms with Gasteiger partial charge in [-0.2, -0.15) is 5.26 Å². The van der Waals surface area contributed by atoms with Crippen molar-refractivity contribution in [3.8, 4) is 6.07 Å². The van der Waals surface area contributed by atoms with E-state index in [0.717, 1.165) is 25.3 Å². The number of nitrogens with one attached hydrogen (secondary N) is 1. The van der Waals surface area contributed by atoms with E-state index in [1.54, 1.807) is 6.07 Å². The molecular formula is C14H15FN2O2S. The average molecular weight is 294 g/mol. The largest absolute Gasteiger partial charge is 0.242 e. The Balaban J connectivity index is 1.90. The highest BCUT2D eigenvalue weighted by Gasteiger charge is 2.41. The summed E-state index contributed by atoms with van der Waals surface area (Å²) in [5.74, 6) is 0.188. The van der Waals surface area contributed by atoms with E-state index in [0.29, 0.717) is 11.8 Å². The molecule has 0 aliphatic heterocycles. The van der Waals surface area contributed by atoms with Crippen molar-refractivity contribution in [3.63, 3.8) is 0 Å². The lowest BCUT2D eigenvalue weighted by molar-refractivity contribution is 0.390. The number of fused-ring (bicyclic) bond motifs is 2. The number of hydrogen-bond donors (Lipinski definition) is 1. The van der Waals surface area contributed by atoms with E-state index in [4.69, 9.17) is 5.26 Å². The summed E-state index contributed by atoms with van der Waals surface area (Å²) in [6.07, 6.45) is 4.14. The van der Waals surface area contributed by atoms with Crippen molar-refractivity contribution in [2.75, 3.05) is 0 Å². The van der Waals surface area contributed by atoms with Crippen molar-refractivity contribution in [2.24, 2.45) is 11.8 Å². The first-order chi connectivity index (χ1) is 9.51. The molecule has 2 fully saturated rings. The van der Waals surface area contributed by atoms with Crippen LogP contribution in [0.5, 0.6) is 0 Å². The molecule has 3 rings (SSSR count). The second-order valence-corrected chi connectivity index (χ2v) is 7.31. The van der Waals surface area contributed by atoms with Crippen LogP contribution < -0.4 is 4.72 Å². The van der Waals surface area contributed by atoms with E-state index in [9.17, 15) is 12.8 Å². The molecule has 0 radical (unpaired) electrons. The maximum atomic E-state index is 13.5. The molecule has 1 aromatic rings. The molecule has 20 heavy (non-hydrogen) atoms. The summed E-state index contributed by atoms with van der Waals surface area (Å²) < 4.78 is 40.9. The Hall–Kier alpha value is -1.45. The van der Waals surface area contributed by atoms with Crippen molar-refractivity contribution in [1.29, 1.82) is 5.26 Å². The third-order valence-corrected chi connectivity index (χ3v) is 5.95. The molecule has 0 aromatic heterocycles. The molecule has 106 valence electrons. The molecule has 4 nitrogen and oxygen atoms in total. The number of benzene rings is 1. The molecule has 2 aliphatic rings. The Kier molecular flexibility index (Phi) is 3.27. The second kappa shape index (κ2) is 4.83. The SMILES string of the molecule is N#Cc1c(F)cccc1S(=O)(=O)NC1CC2CCC1C2. The summed E-state index contributed by atoms with van der Waals surface area (Å²) in [5, 5.41) is 8.95. The van der Waals surface area contributed by atoms with Gasteiger partial charge in [-0.1, -0.05) is 12.5 Å². The first-order valence-corrected chi connectivity index (χ1v) is 8.20. The van der Waals surface area contributed by atoms with Gasteiger partial charge >= 0.3 is 0 Å². The van der Waals surface area contributed by atoms with Crippen molar-refractivity contribution in [2.45, 2.75) is 36.6 Å². The first kappa shape index (κ1) is 13.5. The van der Waals surface area contributed by atoms with Gasteiger partial charge in [-0.25, -0.2) is 17.5 Å². The summed E-state index contributed by atoms with van der Waals surface area (Å²) in [6.45, 7) is 0. The zero-order valence-electron chi connectivity index (χ0n) is 10.8. The molecule has 0 saturated heterocycles. The zero-order valence-corrected chi connectivity index (χ0v) is 11.7. The number of rotatable bonds is 3. The van der Waals surface area contributed by atoms with Gasteiger partial charge in [0.2, 0.25) is 10.0 Å². The van der Waals surface area contributed by atoms with Crippen LogP contribution in [0.4, 0.5) is 4.39 Å². The van der Waals surface area contributed by atoms with E-state index in [-0.39, 0.29) is 10.9 Å². The molecule has 2 saturated carbocycles. The normalized spacial score (nSPS) is 28.5. The number of sulfonamides is 1. The van der Waals surface area contributed by atoms with Crippen molar-refractivity contribution in [1.82, 2.24) is 4.72 Å². The van der Waals surface area contributed by atoms with Crippen molar-refractivity contribution >= 4 is 10.0 Å². The van der Waals surface area contributed by atoms with Gasteiger partial charge in [0.05, 0.1) is 0 Å². The van der Waals surface area contributed by atoms with Crippen LogP contribution in [0.2, 0.25) is 0 Å². The zero-order chi connectivity index (χ0) is 14.3. The fourth-order valence-electron chi connectivity index (χ4n) is 3.49. The predicted octanol–water partition coefficient (Wildman–Crippen LogP) is 2.16. The third kappa shape index (κ3) is 2.21. The number of halogens is 1. The number of nitriles is 1. The molecular weight excluding hydrogens is 279 g/mol.